The summed E-state index contributed by atoms with van der Waals surface area (Å²) in [7, 11) is 1.86. The van der Waals surface area contributed by atoms with Crippen LogP contribution < -0.4 is 10.1 Å². The molecule has 1 aromatic carbocycles. The average molecular weight is 332 g/mol. The third-order valence-electron chi connectivity index (χ3n) is 4.63. The lowest BCUT2D eigenvalue weighted by atomic mass is 10.2. The Morgan fingerprint density at radius 2 is 2.04 bits per heavy atom. The van der Waals surface area contributed by atoms with E-state index in [1.165, 1.54) is 6.42 Å². The van der Waals surface area contributed by atoms with Gasteiger partial charge in [0.05, 0.1) is 6.54 Å². The molecule has 24 heavy (non-hydrogen) atoms. The number of nitrogens with zero attached hydrogens (tertiary/aromatic N) is 3. The van der Waals surface area contributed by atoms with Crippen LogP contribution in [-0.4, -0.2) is 67.7 Å². The number of nitrogens with one attached hydrogen (secondary N) is 1. The maximum Gasteiger partial charge on any atom is 0.193 e. The van der Waals surface area contributed by atoms with Gasteiger partial charge in [-0.2, -0.15) is 0 Å². The first-order valence-electron chi connectivity index (χ1n) is 9.09. The van der Waals surface area contributed by atoms with Gasteiger partial charge in [0.2, 0.25) is 0 Å². The van der Waals surface area contributed by atoms with Gasteiger partial charge in [0.1, 0.15) is 11.9 Å². The molecule has 134 valence electrons. The van der Waals surface area contributed by atoms with E-state index >= 15 is 0 Å². The molecule has 1 aromatic rings. The van der Waals surface area contributed by atoms with Crippen molar-refractivity contribution >= 4 is 5.96 Å². The van der Waals surface area contributed by atoms with E-state index in [1.54, 1.807) is 0 Å². The van der Waals surface area contributed by atoms with Crippen molar-refractivity contribution in [2.75, 3.05) is 39.8 Å². The first kappa shape index (κ1) is 18.6. The number of rotatable bonds is 7. The number of benzene rings is 1. The van der Waals surface area contributed by atoms with Gasteiger partial charge in [-0.05, 0) is 38.6 Å². The van der Waals surface area contributed by atoms with Crippen molar-refractivity contribution in [1.82, 2.24) is 15.1 Å². The predicted molar refractivity (Wildman–Crippen MR) is 101 cm³/mol. The number of guanidine groups is 1. The lowest BCUT2D eigenvalue weighted by molar-refractivity contribution is 0.218. The molecule has 1 saturated heterocycles. The van der Waals surface area contributed by atoms with Gasteiger partial charge in [0.15, 0.2) is 5.96 Å². The topological polar surface area (TPSA) is 40.1 Å². The fourth-order valence-electron chi connectivity index (χ4n) is 3.31. The quantitative estimate of drug-likeness (QED) is 0.615. The monoisotopic (exact) mass is 332 g/mol. The van der Waals surface area contributed by atoms with Gasteiger partial charge < -0.3 is 15.0 Å². The Kier molecular flexibility index (Phi) is 7.37. The summed E-state index contributed by atoms with van der Waals surface area (Å²) in [5.41, 5.74) is 0. The number of hydrogen-bond donors (Lipinski definition) is 1. The van der Waals surface area contributed by atoms with E-state index in [0.717, 1.165) is 44.4 Å². The Bertz CT molecular complexity index is 501. The van der Waals surface area contributed by atoms with E-state index in [0.29, 0.717) is 6.04 Å². The summed E-state index contributed by atoms with van der Waals surface area (Å²) in [5.74, 6) is 1.89. The molecule has 0 aliphatic carbocycles. The standard InChI is InChI=1S/C19H32N4O/c1-5-22(6-2)17-12-13-23(15-17)19(20-4)21-14-16(3)24-18-10-8-7-9-11-18/h7-11,16-17H,5-6,12-15H2,1-4H3,(H,20,21). The van der Waals surface area contributed by atoms with E-state index < -0.39 is 0 Å². The largest absolute Gasteiger partial charge is 0.489 e. The Labute approximate surface area is 146 Å². The van der Waals surface area contributed by atoms with Gasteiger partial charge in [-0.15, -0.1) is 0 Å². The summed E-state index contributed by atoms with van der Waals surface area (Å²) in [6, 6.07) is 10.6. The van der Waals surface area contributed by atoms with Gasteiger partial charge in [0, 0.05) is 26.2 Å². The molecule has 2 unspecified atom stereocenters. The van der Waals surface area contributed by atoms with Crippen LogP contribution in [-0.2, 0) is 0 Å². The molecule has 0 spiro atoms. The van der Waals surface area contributed by atoms with Crippen LogP contribution in [0, 0.1) is 0 Å². The molecule has 5 nitrogen and oxygen atoms in total. The number of likely N-dealkylation sites (N-methyl/N-ethyl adjacent to an activating group) is 1. The first-order valence-corrected chi connectivity index (χ1v) is 9.09. The number of aliphatic imine (C=N–C) groups is 1. The molecule has 0 aromatic heterocycles. The maximum absolute atomic E-state index is 5.92. The van der Waals surface area contributed by atoms with Crippen LogP contribution >= 0.6 is 0 Å². The minimum atomic E-state index is 0.0883. The summed E-state index contributed by atoms with van der Waals surface area (Å²) in [6.07, 6.45) is 1.30. The lowest BCUT2D eigenvalue weighted by Gasteiger charge is -2.27. The van der Waals surface area contributed by atoms with Crippen molar-refractivity contribution in [3.63, 3.8) is 0 Å². The molecule has 1 heterocycles. The second-order valence-corrected chi connectivity index (χ2v) is 6.28. The molecular weight excluding hydrogens is 300 g/mol. The molecule has 2 rings (SSSR count). The molecule has 1 aliphatic rings. The van der Waals surface area contributed by atoms with Crippen molar-refractivity contribution in [2.24, 2.45) is 4.99 Å². The molecule has 5 heteroatoms. The van der Waals surface area contributed by atoms with Crippen LogP contribution in [0.5, 0.6) is 5.75 Å². The van der Waals surface area contributed by atoms with Crippen molar-refractivity contribution in [3.05, 3.63) is 30.3 Å². The van der Waals surface area contributed by atoms with Crippen molar-refractivity contribution in [2.45, 2.75) is 39.3 Å². The van der Waals surface area contributed by atoms with E-state index in [1.807, 2.05) is 37.4 Å². The van der Waals surface area contributed by atoms with E-state index in [-0.39, 0.29) is 6.10 Å². The van der Waals surface area contributed by atoms with Crippen LogP contribution in [0.2, 0.25) is 0 Å². The number of likely N-dealkylation sites (tertiary alicyclic amines) is 1. The van der Waals surface area contributed by atoms with E-state index in [9.17, 15) is 0 Å². The van der Waals surface area contributed by atoms with E-state index in [2.05, 4.69) is 40.9 Å². The van der Waals surface area contributed by atoms with Crippen LogP contribution in [0.3, 0.4) is 0 Å². The van der Waals surface area contributed by atoms with Crippen LogP contribution in [0.4, 0.5) is 0 Å². The molecular formula is C19H32N4O. The minimum absolute atomic E-state index is 0.0883. The summed E-state index contributed by atoms with van der Waals surface area (Å²) in [5, 5.41) is 3.46. The number of para-hydroxylation sites is 1. The fraction of sp³-hybridized carbons (Fsp3) is 0.632. The average Bonchev–Trinajstić information content (AvgIpc) is 3.07. The highest BCUT2D eigenvalue weighted by atomic mass is 16.5. The Morgan fingerprint density at radius 1 is 1.33 bits per heavy atom. The van der Waals surface area contributed by atoms with Crippen molar-refractivity contribution in [1.29, 1.82) is 0 Å². The van der Waals surface area contributed by atoms with Gasteiger partial charge in [0.25, 0.3) is 0 Å². The fourth-order valence-corrected chi connectivity index (χ4v) is 3.31. The molecule has 0 saturated carbocycles. The lowest BCUT2D eigenvalue weighted by Crippen LogP contribution is -2.45. The zero-order chi connectivity index (χ0) is 17.4. The Hall–Kier alpha value is -1.75. The summed E-state index contributed by atoms with van der Waals surface area (Å²) in [6.45, 7) is 11.6. The molecule has 0 radical (unpaired) electrons. The minimum Gasteiger partial charge on any atom is -0.489 e. The van der Waals surface area contributed by atoms with E-state index in [4.69, 9.17) is 4.74 Å². The third kappa shape index (κ3) is 5.13. The van der Waals surface area contributed by atoms with Gasteiger partial charge in [-0.1, -0.05) is 32.0 Å². The number of ether oxygens (including phenoxy) is 1. The molecule has 0 amide bonds. The third-order valence-corrected chi connectivity index (χ3v) is 4.63. The molecule has 1 fully saturated rings. The predicted octanol–water partition coefficient (Wildman–Crippen LogP) is 2.45. The highest BCUT2D eigenvalue weighted by Gasteiger charge is 2.28. The number of hydrogen-bond acceptors (Lipinski definition) is 3. The Morgan fingerprint density at radius 3 is 2.67 bits per heavy atom. The first-order chi connectivity index (χ1) is 11.7. The van der Waals surface area contributed by atoms with Gasteiger partial charge in [-0.25, -0.2) is 0 Å². The van der Waals surface area contributed by atoms with Crippen molar-refractivity contribution in [3.8, 4) is 5.75 Å². The molecule has 0 bridgehead atoms. The highest BCUT2D eigenvalue weighted by Crippen LogP contribution is 2.15. The molecule has 2 atom stereocenters. The van der Waals surface area contributed by atoms with Crippen LogP contribution in [0.15, 0.2) is 35.3 Å². The van der Waals surface area contributed by atoms with Crippen LogP contribution in [0.25, 0.3) is 0 Å². The molecule has 1 aliphatic heterocycles. The second kappa shape index (κ2) is 9.52. The normalized spacial score (nSPS) is 19.6. The maximum atomic E-state index is 5.92. The molecule has 1 N–H and O–H groups in total. The zero-order valence-electron chi connectivity index (χ0n) is 15.5. The zero-order valence-corrected chi connectivity index (χ0v) is 15.5. The van der Waals surface area contributed by atoms with Crippen molar-refractivity contribution < 1.29 is 4.74 Å². The van der Waals surface area contributed by atoms with Crippen LogP contribution in [0.1, 0.15) is 27.2 Å². The SMILES string of the molecule is CCN(CC)C1CCN(C(=NC)NCC(C)Oc2ccccc2)C1. The summed E-state index contributed by atoms with van der Waals surface area (Å²) < 4.78 is 5.92. The summed E-state index contributed by atoms with van der Waals surface area (Å²) in [4.78, 5) is 9.35. The van der Waals surface area contributed by atoms with Gasteiger partial charge in [-0.3, -0.25) is 9.89 Å². The second-order valence-electron chi connectivity index (χ2n) is 6.28. The smallest absolute Gasteiger partial charge is 0.193 e. The highest BCUT2D eigenvalue weighted by molar-refractivity contribution is 5.80. The summed E-state index contributed by atoms with van der Waals surface area (Å²) >= 11 is 0. The Balaban J connectivity index is 1.80. The van der Waals surface area contributed by atoms with Gasteiger partial charge >= 0.3 is 0 Å².